The maximum atomic E-state index is 13.9. The highest BCUT2D eigenvalue weighted by molar-refractivity contribution is 9.10. The minimum Gasteiger partial charge on any atom is -0.508 e. The average Bonchev–Trinajstić information content (AvgIpc) is 3.23. The largest absolute Gasteiger partial charge is 0.508 e. The van der Waals surface area contributed by atoms with Crippen LogP contribution in [0.25, 0.3) is 0 Å². The molecule has 1 saturated carbocycles. The smallest absolute Gasteiger partial charge is 0.254 e. The van der Waals surface area contributed by atoms with Crippen molar-refractivity contribution in [3.8, 4) is 5.75 Å². The Bertz CT molecular complexity index is 1500. The van der Waals surface area contributed by atoms with E-state index in [1.807, 2.05) is 6.08 Å². The number of halogens is 5. The Labute approximate surface area is 255 Å². The molecule has 1 N–H and O–H groups in total. The second kappa shape index (κ2) is 9.31. The van der Waals surface area contributed by atoms with Crippen LogP contribution in [0.5, 0.6) is 5.75 Å². The number of anilines is 1. The molecule has 6 rings (SSSR count). The third kappa shape index (κ3) is 3.59. The molecular formula is C27H19Br2Cl3N2O5. The monoisotopic (exact) mass is 714 g/mol. The highest BCUT2D eigenvalue weighted by Gasteiger charge is 2.76. The maximum absolute atomic E-state index is 13.9. The van der Waals surface area contributed by atoms with Crippen LogP contribution in [0, 0.1) is 17.8 Å². The van der Waals surface area contributed by atoms with Gasteiger partial charge < -0.3 is 5.11 Å². The number of phenolic OH excluding ortho intramolecular Hbond substituents is 1. The molecule has 39 heavy (non-hydrogen) atoms. The maximum Gasteiger partial charge on any atom is 0.254 e. The molecule has 4 amide bonds. The molecule has 0 unspecified atom stereocenters. The number of hydrogen-bond acceptors (Lipinski definition) is 5. The molecule has 2 saturated heterocycles. The third-order valence-electron chi connectivity index (χ3n) is 8.39. The van der Waals surface area contributed by atoms with Gasteiger partial charge in [0, 0.05) is 15.4 Å². The van der Waals surface area contributed by atoms with Crippen molar-refractivity contribution >= 4 is 96.0 Å². The number of nitrogens with zero attached hydrogens (tertiary/aromatic N) is 2. The van der Waals surface area contributed by atoms with Crippen molar-refractivity contribution in [2.24, 2.45) is 17.8 Å². The normalized spacial score (nSPS) is 33.7. The van der Waals surface area contributed by atoms with Gasteiger partial charge in [-0.2, -0.15) is 0 Å². The topological polar surface area (TPSA) is 95.0 Å². The first-order valence-corrected chi connectivity index (χ1v) is 15.1. The van der Waals surface area contributed by atoms with Gasteiger partial charge in [0.1, 0.15) is 5.75 Å². The molecular weight excluding hydrogens is 698 g/mol. The van der Waals surface area contributed by atoms with E-state index in [0.717, 1.165) is 9.37 Å². The van der Waals surface area contributed by atoms with E-state index in [9.17, 15) is 24.3 Å². The first kappa shape index (κ1) is 27.3. The van der Waals surface area contributed by atoms with Crippen molar-refractivity contribution in [2.45, 2.75) is 28.5 Å². The molecule has 2 aliphatic carbocycles. The minimum absolute atomic E-state index is 0.0906. The van der Waals surface area contributed by atoms with Crippen molar-refractivity contribution in [3.63, 3.8) is 0 Å². The fourth-order valence-corrected chi connectivity index (χ4v) is 8.66. The minimum atomic E-state index is -1.95. The number of benzene rings is 2. The van der Waals surface area contributed by atoms with Gasteiger partial charge in [-0.05, 0) is 60.7 Å². The molecule has 4 aliphatic rings. The predicted molar refractivity (Wildman–Crippen MR) is 153 cm³/mol. The summed E-state index contributed by atoms with van der Waals surface area (Å²) in [6, 6.07) is 11.2. The van der Waals surface area contributed by atoms with Gasteiger partial charge in [-0.25, -0.2) is 0 Å². The zero-order valence-electron chi connectivity index (χ0n) is 19.9. The van der Waals surface area contributed by atoms with Crippen LogP contribution in [0.1, 0.15) is 24.3 Å². The zero-order valence-corrected chi connectivity index (χ0v) is 25.4. The summed E-state index contributed by atoms with van der Waals surface area (Å²) >= 11 is 27.5. The van der Waals surface area contributed by atoms with Crippen LogP contribution in [-0.2, 0) is 19.2 Å². The number of carbonyl (C=O) groups excluding carboxylic acids is 4. The summed E-state index contributed by atoms with van der Waals surface area (Å²) in [5, 5.41) is 10.1. The Morgan fingerprint density at radius 3 is 2.31 bits per heavy atom. The molecule has 0 bridgehead atoms. The van der Waals surface area contributed by atoms with E-state index < -0.39 is 51.1 Å². The Kier molecular flexibility index (Phi) is 6.51. The lowest BCUT2D eigenvalue weighted by molar-refractivity contribution is -0.138. The molecule has 0 spiro atoms. The van der Waals surface area contributed by atoms with Crippen LogP contribution >= 0.6 is 66.7 Å². The van der Waals surface area contributed by atoms with Gasteiger partial charge in [-0.15, -0.1) is 23.2 Å². The Morgan fingerprint density at radius 1 is 0.974 bits per heavy atom. The fraction of sp³-hybridized carbons (Fsp3) is 0.333. The number of aromatic hydroxyl groups is 1. The number of alkyl halides is 3. The number of carbonyl (C=O) groups is 4. The van der Waals surface area contributed by atoms with Gasteiger partial charge in [0.15, 0.2) is 9.75 Å². The molecule has 2 aromatic rings. The van der Waals surface area contributed by atoms with Gasteiger partial charge in [-0.1, -0.05) is 61.2 Å². The number of fused-ring (bicyclic) bond motifs is 4. The summed E-state index contributed by atoms with van der Waals surface area (Å²) < 4.78 is 0.802. The van der Waals surface area contributed by atoms with Gasteiger partial charge in [0.05, 0.1) is 23.0 Å². The summed E-state index contributed by atoms with van der Waals surface area (Å²) in [5.41, 5.74) is 1.35. The standard InChI is InChI=1S/C27H19Br2Cl3N2O5/c28-11-33-24(38)26(31)10-18-15(21(27(26,32)25(33)39)16-6-5-14(35)9-19(16)30)7-8-17-20(18)23(37)34(22(17)36)13-3-1-12(29)2-4-13/h1-7,9,17-18,20-21,35H,8,10-11H2/t17-,18+,20-,21+,26+,27-/m0/s1. The second-order valence-corrected chi connectivity index (χ2v) is 13.2. The third-order valence-corrected chi connectivity index (χ3v) is 11.2. The van der Waals surface area contributed by atoms with Crippen LogP contribution in [0.3, 0.4) is 0 Å². The van der Waals surface area contributed by atoms with E-state index in [4.69, 9.17) is 34.8 Å². The molecule has 12 heteroatoms. The Morgan fingerprint density at radius 2 is 1.67 bits per heavy atom. The van der Waals surface area contributed by atoms with Crippen molar-refractivity contribution in [3.05, 3.63) is 69.2 Å². The van der Waals surface area contributed by atoms with Gasteiger partial charge in [0.2, 0.25) is 11.8 Å². The van der Waals surface area contributed by atoms with Crippen molar-refractivity contribution in [1.82, 2.24) is 4.90 Å². The summed E-state index contributed by atoms with van der Waals surface area (Å²) in [4.78, 5) is 53.2. The lowest BCUT2D eigenvalue weighted by atomic mass is 9.56. The Hall–Kier alpha value is -1.91. The molecule has 2 aliphatic heterocycles. The number of rotatable bonds is 3. The lowest BCUT2D eigenvalue weighted by Crippen LogP contribution is -2.60. The predicted octanol–water partition coefficient (Wildman–Crippen LogP) is 5.72. The van der Waals surface area contributed by atoms with Crippen LogP contribution in [0.2, 0.25) is 5.02 Å². The number of likely N-dealkylation sites (tertiary alicyclic amines) is 1. The van der Waals surface area contributed by atoms with Crippen molar-refractivity contribution in [1.29, 1.82) is 0 Å². The number of amides is 4. The van der Waals surface area contributed by atoms with Crippen molar-refractivity contribution in [2.75, 3.05) is 10.4 Å². The first-order chi connectivity index (χ1) is 18.5. The molecule has 6 atom stereocenters. The highest BCUT2D eigenvalue weighted by atomic mass is 79.9. The zero-order chi connectivity index (χ0) is 28.0. The molecule has 0 radical (unpaired) electrons. The van der Waals surface area contributed by atoms with Crippen molar-refractivity contribution < 1.29 is 24.3 Å². The number of allylic oxidation sites excluding steroid dienone is 2. The van der Waals surface area contributed by atoms with Crippen LogP contribution in [-0.4, -0.2) is 48.8 Å². The number of phenols is 1. The summed E-state index contributed by atoms with van der Waals surface area (Å²) in [7, 11) is 0. The van der Waals surface area contributed by atoms with E-state index >= 15 is 0 Å². The lowest BCUT2D eigenvalue weighted by Gasteiger charge is -2.51. The summed E-state index contributed by atoms with van der Waals surface area (Å²) in [6.07, 6.45) is 1.97. The molecule has 3 fully saturated rings. The van der Waals surface area contributed by atoms with E-state index in [0.29, 0.717) is 16.8 Å². The summed E-state index contributed by atoms with van der Waals surface area (Å²) in [5.74, 6) is -5.29. The van der Waals surface area contributed by atoms with E-state index in [2.05, 4.69) is 31.9 Å². The first-order valence-electron chi connectivity index (χ1n) is 12.1. The summed E-state index contributed by atoms with van der Waals surface area (Å²) in [6.45, 7) is 0. The fourth-order valence-electron chi connectivity index (χ4n) is 6.69. The van der Waals surface area contributed by atoms with Gasteiger partial charge in [-0.3, -0.25) is 29.0 Å². The quantitative estimate of drug-likeness (QED) is 0.190. The van der Waals surface area contributed by atoms with E-state index in [1.165, 1.54) is 17.0 Å². The van der Waals surface area contributed by atoms with E-state index in [1.54, 1.807) is 30.3 Å². The van der Waals surface area contributed by atoms with Crippen LogP contribution < -0.4 is 4.90 Å². The van der Waals surface area contributed by atoms with Crippen LogP contribution in [0.15, 0.2) is 58.6 Å². The Balaban J connectivity index is 1.53. The van der Waals surface area contributed by atoms with Gasteiger partial charge >= 0.3 is 0 Å². The van der Waals surface area contributed by atoms with Gasteiger partial charge in [0.25, 0.3) is 11.8 Å². The number of hydrogen-bond donors (Lipinski definition) is 1. The second-order valence-electron chi connectivity index (χ2n) is 10.2. The molecule has 202 valence electrons. The SMILES string of the molecule is O=C1[C@H]2[C@H](CC=C3[C@H]2C[C@@]2(Cl)C(=O)N(CBr)C(=O)[C@@]2(Cl)[C@H]3c2ccc(O)cc2Cl)C(=O)N1c1ccc(Br)cc1. The van der Waals surface area contributed by atoms with Crippen LogP contribution in [0.4, 0.5) is 5.69 Å². The number of imide groups is 2. The molecule has 7 nitrogen and oxygen atoms in total. The van der Waals surface area contributed by atoms with E-state index in [-0.39, 0.29) is 35.0 Å². The molecule has 0 aromatic heterocycles. The highest BCUT2D eigenvalue weighted by Crippen LogP contribution is 2.66. The molecule has 2 heterocycles. The molecule has 2 aromatic carbocycles. The average molecular weight is 718 g/mol.